The van der Waals surface area contributed by atoms with Crippen LogP contribution in [0.3, 0.4) is 0 Å². The summed E-state index contributed by atoms with van der Waals surface area (Å²) in [5.41, 5.74) is 2.20. The monoisotopic (exact) mass is 327 g/mol. The zero-order chi connectivity index (χ0) is 16.1. The van der Waals surface area contributed by atoms with Gasteiger partial charge in [-0.2, -0.15) is 0 Å². The summed E-state index contributed by atoms with van der Waals surface area (Å²) in [4.78, 5) is 18.3. The van der Waals surface area contributed by atoms with Gasteiger partial charge in [0.25, 0.3) is 0 Å². The van der Waals surface area contributed by atoms with E-state index in [1.165, 1.54) is 0 Å². The van der Waals surface area contributed by atoms with Crippen molar-refractivity contribution in [1.29, 1.82) is 0 Å². The van der Waals surface area contributed by atoms with Crippen LogP contribution in [0.5, 0.6) is 0 Å². The number of hydrogen-bond donors (Lipinski definition) is 1. The van der Waals surface area contributed by atoms with Gasteiger partial charge in [-0.25, -0.2) is 15.0 Å². The number of anilines is 1. The third kappa shape index (κ3) is 4.07. The Balaban J connectivity index is 1.83. The lowest BCUT2D eigenvalue weighted by atomic mass is 10.1. The number of halogens is 1. The molecule has 2 heterocycles. The maximum atomic E-state index is 6.20. The van der Waals surface area contributed by atoms with Crippen LogP contribution in [-0.4, -0.2) is 26.5 Å². The first-order valence-corrected chi connectivity index (χ1v) is 7.92. The molecule has 3 aromatic rings. The molecule has 3 rings (SSSR count). The summed E-state index contributed by atoms with van der Waals surface area (Å²) in [6, 6.07) is 11.9. The summed E-state index contributed by atoms with van der Waals surface area (Å²) in [7, 11) is 0. The molecule has 0 aliphatic heterocycles. The molecule has 0 bridgehead atoms. The smallest absolute Gasteiger partial charge is 0.136 e. The highest BCUT2D eigenvalue weighted by Crippen LogP contribution is 2.19. The third-order valence-electron chi connectivity index (χ3n) is 3.55. The normalized spacial score (nSPS) is 10.7. The topological polar surface area (TPSA) is 57.7 Å². The van der Waals surface area contributed by atoms with Crippen LogP contribution < -0.4 is 4.90 Å². The van der Waals surface area contributed by atoms with Gasteiger partial charge in [-0.05, 0) is 12.5 Å². The number of hydrogen-bond acceptors (Lipinski definition) is 4. The molecular weight excluding hydrogens is 310 g/mol. The Morgan fingerprint density at radius 1 is 1.17 bits per heavy atom. The number of nitrogens with one attached hydrogen (secondary N) is 1. The van der Waals surface area contributed by atoms with Crippen LogP contribution in [0.15, 0.2) is 48.9 Å². The van der Waals surface area contributed by atoms with E-state index < -0.39 is 0 Å². The van der Waals surface area contributed by atoms with Crippen molar-refractivity contribution in [3.05, 3.63) is 71.2 Å². The molecule has 1 N–H and O–H groups in total. The minimum absolute atomic E-state index is 0.462. The molecule has 5 nitrogen and oxygen atoms in total. The SMILES string of the molecule is CCN(Cc1cnc[nH]1)c1cc(Cl)nc(Cc2ccccc2)n1. The molecule has 6 heteroatoms. The molecule has 0 spiro atoms. The fourth-order valence-corrected chi connectivity index (χ4v) is 2.60. The fraction of sp³-hybridized carbons (Fsp3) is 0.235. The Kier molecular flexibility index (Phi) is 4.88. The Bertz CT molecular complexity index is 743. The summed E-state index contributed by atoms with van der Waals surface area (Å²) < 4.78 is 0. The lowest BCUT2D eigenvalue weighted by molar-refractivity contribution is 0.786. The number of benzene rings is 1. The third-order valence-corrected chi connectivity index (χ3v) is 3.75. The van der Waals surface area contributed by atoms with Gasteiger partial charge in [0.2, 0.25) is 0 Å². The minimum atomic E-state index is 0.462. The number of imidazole rings is 1. The lowest BCUT2D eigenvalue weighted by Crippen LogP contribution is -2.24. The van der Waals surface area contributed by atoms with Crippen LogP contribution in [0.2, 0.25) is 5.15 Å². The molecule has 0 aliphatic carbocycles. The predicted molar refractivity (Wildman–Crippen MR) is 91.6 cm³/mol. The number of rotatable bonds is 6. The van der Waals surface area contributed by atoms with E-state index >= 15 is 0 Å². The van der Waals surface area contributed by atoms with E-state index in [2.05, 4.69) is 43.9 Å². The summed E-state index contributed by atoms with van der Waals surface area (Å²) in [5, 5.41) is 0.462. The molecule has 0 unspecified atom stereocenters. The number of aromatic amines is 1. The largest absolute Gasteiger partial charge is 0.351 e. The highest BCUT2D eigenvalue weighted by molar-refractivity contribution is 6.29. The number of H-pyrrole nitrogens is 1. The molecule has 23 heavy (non-hydrogen) atoms. The van der Waals surface area contributed by atoms with Gasteiger partial charge in [0, 0.05) is 25.2 Å². The van der Waals surface area contributed by atoms with Crippen LogP contribution in [0.25, 0.3) is 0 Å². The van der Waals surface area contributed by atoms with Gasteiger partial charge < -0.3 is 9.88 Å². The van der Waals surface area contributed by atoms with E-state index in [4.69, 9.17) is 11.6 Å². The average Bonchev–Trinajstić information content (AvgIpc) is 3.06. The summed E-state index contributed by atoms with van der Waals surface area (Å²) in [6.07, 6.45) is 4.16. The second-order valence-electron chi connectivity index (χ2n) is 5.22. The second-order valence-corrected chi connectivity index (χ2v) is 5.61. The van der Waals surface area contributed by atoms with Crippen LogP contribution in [0.4, 0.5) is 5.82 Å². The van der Waals surface area contributed by atoms with Crippen LogP contribution in [0.1, 0.15) is 24.0 Å². The number of aromatic nitrogens is 4. The fourth-order valence-electron chi connectivity index (χ4n) is 2.40. The van der Waals surface area contributed by atoms with Crippen molar-refractivity contribution in [3.8, 4) is 0 Å². The molecule has 0 amide bonds. The molecule has 0 atom stereocenters. The zero-order valence-electron chi connectivity index (χ0n) is 12.9. The van der Waals surface area contributed by atoms with Crippen molar-refractivity contribution in [2.45, 2.75) is 19.9 Å². The van der Waals surface area contributed by atoms with Crippen molar-refractivity contribution < 1.29 is 0 Å². The first-order chi connectivity index (χ1) is 11.2. The molecule has 2 aromatic heterocycles. The first-order valence-electron chi connectivity index (χ1n) is 7.54. The standard InChI is InChI=1S/C17H18ClN5/c1-2-23(11-14-10-19-12-20-14)17-9-15(18)21-16(22-17)8-13-6-4-3-5-7-13/h3-7,9-10,12H,2,8,11H2,1H3,(H,19,20). The van der Waals surface area contributed by atoms with Crippen molar-refractivity contribution in [1.82, 2.24) is 19.9 Å². The molecule has 0 saturated carbocycles. The van der Waals surface area contributed by atoms with E-state index in [9.17, 15) is 0 Å². The van der Waals surface area contributed by atoms with Gasteiger partial charge in [-0.3, -0.25) is 0 Å². The summed E-state index contributed by atoms with van der Waals surface area (Å²) in [6.45, 7) is 3.61. The highest BCUT2D eigenvalue weighted by Gasteiger charge is 2.11. The average molecular weight is 328 g/mol. The zero-order valence-corrected chi connectivity index (χ0v) is 13.7. The second kappa shape index (κ2) is 7.24. The van der Waals surface area contributed by atoms with Gasteiger partial charge >= 0.3 is 0 Å². The highest BCUT2D eigenvalue weighted by atomic mass is 35.5. The van der Waals surface area contributed by atoms with E-state index in [1.807, 2.05) is 24.4 Å². The first kappa shape index (κ1) is 15.5. The molecule has 118 valence electrons. The van der Waals surface area contributed by atoms with E-state index in [0.29, 0.717) is 18.1 Å². The van der Waals surface area contributed by atoms with Crippen molar-refractivity contribution in [3.63, 3.8) is 0 Å². The van der Waals surface area contributed by atoms with E-state index in [-0.39, 0.29) is 0 Å². The molecule has 0 radical (unpaired) electrons. The van der Waals surface area contributed by atoms with Crippen LogP contribution in [0, 0.1) is 0 Å². The maximum absolute atomic E-state index is 6.20. The van der Waals surface area contributed by atoms with Crippen LogP contribution in [-0.2, 0) is 13.0 Å². The van der Waals surface area contributed by atoms with Gasteiger partial charge in [-0.15, -0.1) is 0 Å². The summed E-state index contributed by atoms with van der Waals surface area (Å²) in [5.74, 6) is 1.55. The number of nitrogens with zero attached hydrogens (tertiary/aromatic N) is 4. The van der Waals surface area contributed by atoms with E-state index in [1.54, 1.807) is 12.4 Å². The lowest BCUT2D eigenvalue weighted by Gasteiger charge is -2.21. The Labute approximate surface area is 140 Å². The van der Waals surface area contributed by atoms with Crippen molar-refractivity contribution in [2.75, 3.05) is 11.4 Å². The molecule has 0 saturated heterocycles. The summed E-state index contributed by atoms with van der Waals surface area (Å²) >= 11 is 6.20. The molecular formula is C17H18ClN5. The van der Waals surface area contributed by atoms with Gasteiger partial charge in [-0.1, -0.05) is 41.9 Å². The van der Waals surface area contributed by atoms with E-state index in [0.717, 1.165) is 29.4 Å². The Hall–Kier alpha value is -2.40. The van der Waals surface area contributed by atoms with Gasteiger partial charge in [0.05, 0.1) is 18.6 Å². The Morgan fingerprint density at radius 3 is 2.70 bits per heavy atom. The molecule has 1 aromatic carbocycles. The minimum Gasteiger partial charge on any atom is -0.351 e. The van der Waals surface area contributed by atoms with Crippen LogP contribution >= 0.6 is 11.6 Å². The molecule has 0 fully saturated rings. The molecule has 0 aliphatic rings. The van der Waals surface area contributed by atoms with Crippen molar-refractivity contribution in [2.24, 2.45) is 0 Å². The maximum Gasteiger partial charge on any atom is 0.136 e. The Morgan fingerprint density at radius 2 is 2.00 bits per heavy atom. The van der Waals surface area contributed by atoms with Gasteiger partial charge in [0.15, 0.2) is 0 Å². The quantitative estimate of drug-likeness (QED) is 0.704. The van der Waals surface area contributed by atoms with Crippen molar-refractivity contribution >= 4 is 17.4 Å². The predicted octanol–water partition coefficient (Wildman–Crippen LogP) is 3.47. The van der Waals surface area contributed by atoms with Gasteiger partial charge in [0.1, 0.15) is 16.8 Å².